The van der Waals surface area contributed by atoms with E-state index in [9.17, 15) is 0 Å². The lowest BCUT2D eigenvalue weighted by Gasteiger charge is -1.99. The second-order valence-electron chi connectivity index (χ2n) is 3.44. The Morgan fingerprint density at radius 2 is 1.59 bits per heavy atom. The maximum absolute atomic E-state index is 4.18. The molecule has 4 heteroatoms. The first-order chi connectivity index (χ1) is 8.24. The number of hydrogen-bond acceptors (Lipinski definition) is 2. The van der Waals surface area contributed by atoms with Crippen molar-refractivity contribution < 1.29 is 0 Å². The number of nitrogens with one attached hydrogen (secondary N) is 1. The van der Waals surface area contributed by atoms with E-state index in [0.29, 0.717) is 0 Å². The smallest absolute Gasteiger partial charge is 0.0561 e. The molecule has 0 aliphatic rings. The van der Waals surface area contributed by atoms with Gasteiger partial charge in [0.15, 0.2) is 0 Å². The van der Waals surface area contributed by atoms with Crippen LogP contribution in [0.5, 0.6) is 0 Å². The van der Waals surface area contributed by atoms with Crippen LogP contribution in [-0.2, 0) is 0 Å². The highest BCUT2D eigenvalue weighted by Gasteiger charge is 1.94. The highest BCUT2D eigenvalue weighted by Crippen LogP contribution is 2.19. The number of halogens is 2. The molecular formula is C13H10Br2N2. The van der Waals surface area contributed by atoms with Gasteiger partial charge in [-0.25, -0.2) is 0 Å². The third kappa shape index (κ3) is 3.98. The summed E-state index contributed by atoms with van der Waals surface area (Å²) in [7, 11) is 0. The van der Waals surface area contributed by atoms with E-state index in [1.807, 2.05) is 48.5 Å². The molecule has 0 bridgehead atoms. The van der Waals surface area contributed by atoms with E-state index in [1.165, 1.54) is 0 Å². The molecule has 0 spiro atoms. The number of rotatable bonds is 3. The van der Waals surface area contributed by atoms with Crippen LogP contribution in [0.15, 0.2) is 62.6 Å². The number of para-hydroxylation sites is 1. The number of nitrogens with zero attached hydrogens (tertiary/aromatic N) is 1. The zero-order valence-electron chi connectivity index (χ0n) is 8.90. The molecule has 0 amide bonds. The summed E-state index contributed by atoms with van der Waals surface area (Å²) in [5.74, 6) is 0. The normalized spacial score (nSPS) is 10.7. The largest absolute Gasteiger partial charge is 0.279 e. The van der Waals surface area contributed by atoms with Crippen LogP contribution in [0.4, 0.5) is 5.69 Å². The lowest BCUT2D eigenvalue weighted by atomic mass is 10.2. The number of hydrogen-bond donors (Lipinski definition) is 1. The molecule has 0 fully saturated rings. The van der Waals surface area contributed by atoms with Crippen LogP contribution in [0.1, 0.15) is 5.56 Å². The van der Waals surface area contributed by atoms with E-state index in [2.05, 4.69) is 42.4 Å². The Morgan fingerprint density at radius 1 is 0.941 bits per heavy atom. The molecule has 2 nitrogen and oxygen atoms in total. The standard InChI is InChI=1S/C13H10Br2N2/c14-11-6-10(7-12(15)8-11)9-16-17-13-4-2-1-3-5-13/h1-9,17H. The van der Waals surface area contributed by atoms with Crippen molar-refractivity contribution >= 4 is 43.8 Å². The highest BCUT2D eigenvalue weighted by atomic mass is 79.9. The van der Waals surface area contributed by atoms with Crippen LogP contribution in [-0.4, -0.2) is 6.21 Å². The molecule has 0 saturated carbocycles. The lowest BCUT2D eigenvalue weighted by molar-refractivity contribution is 1.35. The predicted octanol–water partition coefficient (Wildman–Crippen LogP) is 4.66. The Kier molecular flexibility index (Phi) is 4.34. The predicted molar refractivity (Wildman–Crippen MR) is 79.5 cm³/mol. The highest BCUT2D eigenvalue weighted by molar-refractivity contribution is 9.11. The zero-order valence-corrected chi connectivity index (χ0v) is 12.1. The monoisotopic (exact) mass is 352 g/mol. The summed E-state index contributed by atoms with van der Waals surface area (Å²) in [6.07, 6.45) is 1.78. The second kappa shape index (κ2) is 5.98. The fraction of sp³-hybridized carbons (Fsp3) is 0. The Labute approximate surface area is 117 Å². The Bertz CT molecular complexity index is 504. The van der Waals surface area contributed by atoms with E-state index in [1.54, 1.807) is 6.21 Å². The SMILES string of the molecule is Brc1cc(Br)cc(C=NNc2ccccc2)c1. The third-order valence-electron chi connectivity index (χ3n) is 2.07. The quantitative estimate of drug-likeness (QED) is 0.630. The van der Waals surface area contributed by atoms with Gasteiger partial charge >= 0.3 is 0 Å². The first kappa shape index (κ1) is 12.3. The summed E-state index contributed by atoms with van der Waals surface area (Å²) in [4.78, 5) is 0. The van der Waals surface area contributed by atoms with Crippen LogP contribution in [0.3, 0.4) is 0 Å². The summed E-state index contributed by atoms with van der Waals surface area (Å²) < 4.78 is 2.04. The van der Waals surface area contributed by atoms with Crippen LogP contribution in [0, 0.1) is 0 Å². The van der Waals surface area contributed by atoms with Gasteiger partial charge in [-0.1, -0.05) is 50.1 Å². The summed E-state index contributed by atoms with van der Waals surface area (Å²) in [5, 5.41) is 4.18. The van der Waals surface area contributed by atoms with E-state index < -0.39 is 0 Å². The van der Waals surface area contributed by atoms with Crippen LogP contribution >= 0.6 is 31.9 Å². The van der Waals surface area contributed by atoms with Gasteiger partial charge in [0.05, 0.1) is 11.9 Å². The maximum atomic E-state index is 4.18. The van der Waals surface area contributed by atoms with Crippen LogP contribution in [0.2, 0.25) is 0 Å². The molecule has 2 aromatic carbocycles. The van der Waals surface area contributed by atoms with Crippen molar-refractivity contribution in [2.75, 3.05) is 5.43 Å². The van der Waals surface area contributed by atoms with E-state index in [4.69, 9.17) is 0 Å². The lowest BCUT2D eigenvalue weighted by Crippen LogP contribution is -1.90. The van der Waals surface area contributed by atoms with Gasteiger partial charge in [0.2, 0.25) is 0 Å². The van der Waals surface area contributed by atoms with Gasteiger partial charge in [0.1, 0.15) is 0 Å². The van der Waals surface area contributed by atoms with E-state index in [-0.39, 0.29) is 0 Å². The van der Waals surface area contributed by atoms with Gasteiger partial charge in [-0.05, 0) is 35.9 Å². The van der Waals surface area contributed by atoms with Gasteiger partial charge in [0.25, 0.3) is 0 Å². The van der Waals surface area contributed by atoms with Crippen molar-refractivity contribution in [3.63, 3.8) is 0 Å². The molecule has 1 N–H and O–H groups in total. The molecule has 0 aliphatic heterocycles. The molecule has 0 saturated heterocycles. The summed E-state index contributed by atoms with van der Waals surface area (Å²) in [6, 6.07) is 15.8. The summed E-state index contributed by atoms with van der Waals surface area (Å²) in [6.45, 7) is 0. The molecule has 2 rings (SSSR count). The van der Waals surface area contributed by atoms with E-state index in [0.717, 1.165) is 20.2 Å². The molecule has 0 heterocycles. The molecule has 2 aromatic rings. The second-order valence-corrected chi connectivity index (χ2v) is 5.27. The zero-order chi connectivity index (χ0) is 12.1. The molecule has 86 valence electrons. The molecule has 0 atom stereocenters. The van der Waals surface area contributed by atoms with E-state index >= 15 is 0 Å². The Balaban J connectivity index is 2.06. The molecule has 0 radical (unpaired) electrons. The van der Waals surface area contributed by atoms with Crippen molar-refractivity contribution in [1.29, 1.82) is 0 Å². The Hall–Kier alpha value is -1.13. The molecule has 0 unspecified atom stereocenters. The first-order valence-electron chi connectivity index (χ1n) is 5.04. The van der Waals surface area contributed by atoms with Gasteiger partial charge < -0.3 is 0 Å². The van der Waals surface area contributed by atoms with Gasteiger partial charge in [-0.3, -0.25) is 5.43 Å². The summed E-state index contributed by atoms with van der Waals surface area (Å²) in [5.41, 5.74) is 4.96. The van der Waals surface area contributed by atoms with Crippen molar-refractivity contribution in [2.24, 2.45) is 5.10 Å². The van der Waals surface area contributed by atoms with Gasteiger partial charge in [-0.2, -0.15) is 5.10 Å². The molecule has 0 aromatic heterocycles. The summed E-state index contributed by atoms with van der Waals surface area (Å²) >= 11 is 6.88. The fourth-order valence-corrected chi connectivity index (χ4v) is 2.67. The van der Waals surface area contributed by atoms with Crippen molar-refractivity contribution in [3.8, 4) is 0 Å². The van der Waals surface area contributed by atoms with Crippen molar-refractivity contribution in [2.45, 2.75) is 0 Å². The molecule has 17 heavy (non-hydrogen) atoms. The third-order valence-corrected chi connectivity index (χ3v) is 2.98. The van der Waals surface area contributed by atoms with Crippen LogP contribution < -0.4 is 5.43 Å². The first-order valence-corrected chi connectivity index (χ1v) is 6.63. The fourth-order valence-electron chi connectivity index (χ4n) is 1.34. The maximum Gasteiger partial charge on any atom is 0.0561 e. The minimum Gasteiger partial charge on any atom is -0.279 e. The van der Waals surface area contributed by atoms with Crippen molar-refractivity contribution in [3.05, 3.63) is 63.0 Å². The minimum absolute atomic E-state index is 0.970. The number of hydrazone groups is 1. The average Bonchev–Trinajstić information content (AvgIpc) is 2.29. The topological polar surface area (TPSA) is 24.4 Å². The van der Waals surface area contributed by atoms with Gasteiger partial charge in [-0.15, -0.1) is 0 Å². The molecule has 0 aliphatic carbocycles. The van der Waals surface area contributed by atoms with Crippen LogP contribution in [0.25, 0.3) is 0 Å². The molecular weight excluding hydrogens is 344 g/mol. The Morgan fingerprint density at radius 3 is 2.24 bits per heavy atom. The minimum atomic E-state index is 0.970. The van der Waals surface area contributed by atoms with Gasteiger partial charge in [0, 0.05) is 8.95 Å². The number of anilines is 1. The number of benzene rings is 2. The van der Waals surface area contributed by atoms with Crippen molar-refractivity contribution in [1.82, 2.24) is 0 Å². The average molecular weight is 354 g/mol.